The molecule has 0 radical (unpaired) electrons. The van der Waals surface area contributed by atoms with Crippen LogP contribution in [0.4, 0.5) is 0 Å². The zero-order chi connectivity index (χ0) is 13.7. The van der Waals surface area contributed by atoms with E-state index in [9.17, 15) is 9.59 Å². The number of rotatable bonds is 7. The first-order valence-corrected chi connectivity index (χ1v) is 6.76. The quantitative estimate of drug-likeness (QED) is 0.814. The highest BCUT2D eigenvalue weighted by atomic mass is 32.1. The van der Waals surface area contributed by atoms with Gasteiger partial charge in [0.2, 0.25) is 0 Å². The Balaban J connectivity index is 1.64. The molecule has 1 unspecified atom stereocenters. The molecule has 6 nitrogen and oxygen atoms in total. The van der Waals surface area contributed by atoms with Crippen molar-refractivity contribution in [2.24, 2.45) is 0 Å². The number of aliphatic carboxylic acids is 1. The highest BCUT2D eigenvalue weighted by Crippen LogP contribution is 2.35. The molecule has 1 aliphatic rings. The van der Waals surface area contributed by atoms with Crippen LogP contribution in [0.2, 0.25) is 0 Å². The van der Waals surface area contributed by atoms with Gasteiger partial charge in [0, 0.05) is 17.2 Å². The maximum Gasteiger partial charge on any atom is 0.303 e. The average Bonchev–Trinajstić information content (AvgIpc) is 2.83. The van der Waals surface area contributed by atoms with Crippen LogP contribution in [0.5, 0.6) is 11.5 Å². The second kappa shape index (κ2) is 6.53. The lowest BCUT2D eigenvalue weighted by molar-refractivity contribution is -0.139. The molecule has 104 valence electrons. The molecule has 19 heavy (non-hydrogen) atoms. The second-order valence-electron chi connectivity index (χ2n) is 4.10. The molecule has 2 heterocycles. The molecular weight excluding hydrogens is 272 g/mol. The maximum absolute atomic E-state index is 11.3. The zero-order valence-electron chi connectivity index (χ0n) is 10.2. The fraction of sp³-hybridized carbons (Fsp3) is 0.500. The molecule has 1 atom stereocenters. The summed E-state index contributed by atoms with van der Waals surface area (Å²) >= 11 is 1.49. The third kappa shape index (κ3) is 4.22. The van der Waals surface area contributed by atoms with E-state index in [1.807, 2.05) is 10.8 Å². The van der Waals surface area contributed by atoms with Gasteiger partial charge in [0.25, 0.3) is 0 Å². The van der Waals surface area contributed by atoms with Crippen LogP contribution in [0.25, 0.3) is 0 Å². The molecule has 7 heteroatoms. The number of carbonyl (C=O) groups excluding carboxylic acids is 1. The molecule has 0 fully saturated rings. The summed E-state index contributed by atoms with van der Waals surface area (Å²) in [6, 6.07) is 0. The van der Waals surface area contributed by atoms with E-state index < -0.39 is 5.97 Å². The summed E-state index contributed by atoms with van der Waals surface area (Å²) in [4.78, 5) is 21.6. The van der Waals surface area contributed by atoms with E-state index in [0.29, 0.717) is 12.4 Å². The van der Waals surface area contributed by atoms with Gasteiger partial charge in [-0.1, -0.05) is 0 Å². The molecule has 0 spiro atoms. The zero-order valence-corrected chi connectivity index (χ0v) is 11.0. The van der Waals surface area contributed by atoms with Crippen molar-refractivity contribution in [2.75, 3.05) is 19.8 Å². The Hall–Kier alpha value is -1.60. The van der Waals surface area contributed by atoms with Crippen molar-refractivity contribution in [3.05, 3.63) is 10.8 Å². The predicted octanol–water partition coefficient (Wildman–Crippen LogP) is 1.34. The van der Waals surface area contributed by atoms with Gasteiger partial charge in [0.15, 0.2) is 23.4 Å². The van der Waals surface area contributed by atoms with Crippen LogP contribution in [-0.2, 0) is 14.3 Å². The lowest BCUT2D eigenvalue weighted by atomic mass is 10.2. The van der Waals surface area contributed by atoms with Crippen LogP contribution in [-0.4, -0.2) is 42.8 Å². The normalized spacial score (nSPS) is 17.2. The Bertz CT molecular complexity index is 455. The highest BCUT2D eigenvalue weighted by molar-refractivity contribution is 7.08. The number of hydrogen-bond donors (Lipinski definition) is 1. The number of Topliss-reactive ketones (excluding diaryl/α,β-unsaturated/α-hetero) is 1. The number of carboxylic acid groups (broad SMARTS) is 1. The fourth-order valence-electron chi connectivity index (χ4n) is 1.57. The predicted molar refractivity (Wildman–Crippen MR) is 66.9 cm³/mol. The van der Waals surface area contributed by atoms with Gasteiger partial charge in [-0.05, 0) is 0 Å². The number of hydrogen-bond acceptors (Lipinski definition) is 6. The minimum absolute atomic E-state index is 0.00790. The van der Waals surface area contributed by atoms with Gasteiger partial charge >= 0.3 is 5.97 Å². The Morgan fingerprint density at radius 2 is 2.16 bits per heavy atom. The largest absolute Gasteiger partial charge is 0.485 e. The molecule has 0 saturated carbocycles. The van der Waals surface area contributed by atoms with Crippen LogP contribution in [0.1, 0.15) is 12.8 Å². The van der Waals surface area contributed by atoms with Gasteiger partial charge in [-0.25, -0.2) is 0 Å². The highest BCUT2D eigenvalue weighted by Gasteiger charge is 2.22. The van der Waals surface area contributed by atoms with E-state index in [-0.39, 0.29) is 37.9 Å². The molecule has 1 aliphatic heterocycles. The van der Waals surface area contributed by atoms with Crippen LogP contribution in [0, 0.1) is 0 Å². The number of fused-ring (bicyclic) bond motifs is 1. The summed E-state index contributed by atoms with van der Waals surface area (Å²) in [7, 11) is 0. The van der Waals surface area contributed by atoms with Crippen LogP contribution in [0.3, 0.4) is 0 Å². The SMILES string of the molecule is O=C(O)CCC(=O)COCC1COc2cscc2O1. The molecule has 1 aromatic heterocycles. The van der Waals surface area contributed by atoms with Gasteiger partial charge < -0.3 is 19.3 Å². The minimum Gasteiger partial charge on any atom is -0.485 e. The number of thiophene rings is 1. The van der Waals surface area contributed by atoms with E-state index in [0.717, 1.165) is 5.75 Å². The van der Waals surface area contributed by atoms with E-state index in [2.05, 4.69) is 0 Å². The van der Waals surface area contributed by atoms with E-state index in [4.69, 9.17) is 19.3 Å². The lowest BCUT2D eigenvalue weighted by Crippen LogP contribution is -2.33. The third-order valence-corrected chi connectivity index (χ3v) is 3.20. The Kier molecular flexibility index (Phi) is 4.75. The molecule has 1 N–H and O–H groups in total. The van der Waals surface area contributed by atoms with Crippen molar-refractivity contribution in [2.45, 2.75) is 18.9 Å². The third-order valence-electron chi connectivity index (χ3n) is 2.50. The van der Waals surface area contributed by atoms with Crippen LogP contribution >= 0.6 is 11.3 Å². The topological polar surface area (TPSA) is 82.1 Å². The van der Waals surface area contributed by atoms with Gasteiger partial charge in [0.05, 0.1) is 13.0 Å². The van der Waals surface area contributed by atoms with E-state index in [1.54, 1.807) is 0 Å². The van der Waals surface area contributed by atoms with Gasteiger partial charge in [-0.3, -0.25) is 9.59 Å². The van der Waals surface area contributed by atoms with E-state index in [1.165, 1.54) is 11.3 Å². The van der Waals surface area contributed by atoms with Gasteiger partial charge in [-0.15, -0.1) is 11.3 Å². The molecule has 0 bridgehead atoms. The molecule has 2 rings (SSSR count). The van der Waals surface area contributed by atoms with E-state index >= 15 is 0 Å². The van der Waals surface area contributed by atoms with Crippen molar-refractivity contribution in [3.8, 4) is 11.5 Å². The minimum atomic E-state index is -0.984. The molecule has 0 saturated heterocycles. The summed E-state index contributed by atoms with van der Waals surface area (Å²) in [6.07, 6.45) is -0.412. The number of carbonyl (C=O) groups is 2. The first-order valence-electron chi connectivity index (χ1n) is 5.82. The number of ether oxygens (including phenoxy) is 3. The Morgan fingerprint density at radius 1 is 1.37 bits per heavy atom. The Labute approximate surface area is 113 Å². The van der Waals surface area contributed by atoms with Gasteiger partial charge in [-0.2, -0.15) is 0 Å². The molecular formula is C12H14O6S. The standard InChI is InChI=1S/C12H14O6S/c13-8(1-2-12(14)15)3-16-4-9-5-17-10-6-19-7-11(10)18-9/h6-7,9H,1-5H2,(H,14,15). The summed E-state index contributed by atoms with van der Waals surface area (Å²) in [5, 5.41) is 12.1. The summed E-state index contributed by atoms with van der Waals surface area (Å²) < 4.78 is 16.3. The summed E-state index contributed by atoms with van der Waals surface area (Å²) in [5.74, 6) is 0.221. The number of ketones is 1. The van der Waals surface area contributed by atoms with Crippen LogP contribution in [0.15, 0.2) is 10.8 Å². The molecule has 1 aromatic rings. The first kappa shape index (κ1) is 13.8. The molecule has 0 aromatic carbocycles. The number of carboxylic acids is 1. The van der Waals surface area contributed by atoms with Crippen molar-refractivity contribution in [1.82, 2.24) is 0 Å². The maximum atomic E-state index is 11.3. The monoisotopic (exact) mass is 286 g/mol. The van der Waals surface area contributed by atoms with Crippen molar-refractivity contribution in [1.29, 1.82) is 0 Å². The van der Waals surface area contributed by atoms with Gasteiger partial charge in [0.1, 0.15) is 13.2 Å². The smallest absolute Gasteiger partial charge is 0.303 e. The van der Waals surface area contributed by atoms with Crippen LogP contribution < -0.4 is 9.47 Å². The average molecular weight is 286 g/mol. The van der Waals surface area contributed by atoms with Crippen molar-refractivity contribution >= 4 is 23.1 Å². The second-order valence-corrected chi connectivity index (χ2v) is 4.84. The summed E-state index contributed by atoms with van der Waals surface area (Å²) in [5.41, 5.74) is 0. The summed E-state index contributed by atoms with van der Waals surface area (Å²) in [6.45, 7) is 0.533. The van der Waals surface area contributed by atoms with Crippen molar-refractivity contribution in [3.63, 3.8) is 0 Å². The lowest BCUT2D eigenvalue weighted by Gasteiger charge is -2.24. The fourth-order valence-corrected chi connectivity index (χ4v) is 2.24. The van der Waals surface area contributed by atoms with Crippen molar-refractivity contribution < 1.29 is 28.9 Å². The first-order chi connectivity index (χ1) is 9.15. The molecule has 0 aliphatic carbocycles. The molecule has 0 amide bonds. The Morgan fingerprint density at radius 3 is 2.95 bits per heavy atom.